The zero-order chi connectivity index (χ0) is 21.2. The molecule has 0 unspecified atom stereocenters. The third kappa shape index (κ3) is 2.65. The number of rotatable bonds is 2. The van der Waals surface area contributed by atoms with Gasteiger partial charge in [-0.2, -0.15) is 0 Å². The zero-order valence-corrected chi connectivity index (χ0v) is 16.7. The zero-order valence-electron chi connectivity index (χ0n) is 16.7. The predicted octanol–water partition coefficient (Wildman–Crippen LogP) is 1.32. The van der Waals surface area contributed by atoms with Gasteiger partial charge in [0.25, 0.3) is 5.91 Å². The molecule has 0 radical (unpaired) electrons. The molecule has 1 fully saturated rings. The molecule has 1 aromatic carbocycles. The van der Waals surface area contributed by atoms with Gasteiger partial charge < -0.3 is 19.8 Å². The first-order valence-electron chi connectivity index (χ1n) is 10.2. The van der Waals surface area contributed by atoms with Crippen molar-refractivity contribution in [1.82, 2.24) is 9.96 Å². The molecule has 4 atom stereocenters. The number of amides is 2. The van der Waals surface area contributed by atoms with Crippen molar-refractivity contribution in [2.24, 2.45) is 0 Å². The third-order valence-electron chi connectivity index (χ3n) is 6.87. The lowest BCUT2D eigenvalue weighted by Gasteiger charge is -2.35. The van der Waals surface area contributed by atoms with Crippen molar-refractivity contribution < 1.29 is 29.7 Å². The predicted molar refractivity (Wildman–Crippen MR) is 106 cm³/mol. The Hall–Kier alpha value is -2.62. The average molecular weight is 415 g/mol. The third-order valence-corrected chi connectivity index (χ3v) is 6.87. The summed E-state index contributed by atoms with van der Waals surface area (Å²) in [4.78, 5) is 27.9. The van der Waals surface area contributed by atoms with Gasteiger partial charge >= 0.3 is 6.09 Å². The molecule has 9 nitrogen and oxygen atoms in total. The minimum Gasteiger partial charge on any atom is -0.487 e. The number of hydrogen-bond donors (Lipinski definition) is 3. The molecular weight excluding hydrogens is 390 g/mol. The Morgan fingerprint density at radius 3 is 2.83 bits per heavy atom. The number of carbonyl (C=O) groups excluding carboxylic acids is 1. The van der Waals surface area contributed by atoms with E-state index in [1.165, 1.54) is 0 Å². The Bertz CT molecular complexity index is 949. The smallest absolute Gasteiger partial charge is 0.412 e. The van der Waals surface area contributed by atoms with E-state index in [4.69, 9.17) is 4.74 Å². The quantitative estimate of drug-likeness (QED) is 0.493. The number of hydroxylamine groups is 2. The number of carboxylic acid groups (broad SMARTS) is 1. The molecule has 1 saturated heterocycles. The van der Waals surface area contributed by atoms with Gasteiger partial charge in [0.15, 0.2) is 0 Å². The fourth-order valence-electron chi connectivity index (χ4n) is 5.41. The summed E-state index contributed by atoms with van der Waals surface area (Å²) in [6.07, 6.45) is 3.05. The molecule has 3 N–H and O–H groups in total. The summed E-state index contributed by atoms with van der Waals surface area (Å²) in [6, 6.07) is 2.60. The maximum atomic E-state index is 12.4. The molecule has 0 saturated carbocycles. The van der Waals surface area contributed by atoms with Crippen molar-refractivity contribution in [1.29, 1.82) is 0 Å². The summed E-state index contributed by atoms with van der Waals surface area (Å²) in [5, 5.41) is 30.5. The van der Waals surface area contributed by atoms with Crippen LogP contribution in [0.15, 0.2) is 24.3 Å². The van der Waals surface area contributed by atoms with Crippen LogP contribution in [0.5, 0.6) is 5.75 Å². The molecule has 3 heterocycles. The molecule has 1 aliphatic carbocycles. The second kappa shape index (κ2) is 6.69. The standard InChI is InChI=1S/C21H25N3O6/c1-22-9-7-21-6-4-13(25)10-16(21)30-18-14(3-2-12(11-22)17(18)21)24(20(27)28)15-5-8-23(29)19(15)26/h2-4,6,13,15-16,25,29H,5,7-11H2,1H3,(H,27,28)/t13-,15+,16-,21-/m0/s1. The monoisotopic (exact) mass is 415 g/mol. The lowest BCUT2D eigenvalue weighted by molar-refractivity contribution is -0.158. The van der Waals surface area contributed by atoms with Crippen molar-refractivity contribution in [3.63, 3.8) is 0 Å². The van der Waals surface area contributed by atoms with Crippen molar-refractivity contribution in [2.75, 3.05) is 25.0 Å². The van der Waals surface area contributed by atoms with E-state index in [0.29, 0.717) is 29.5 Å². The molecule has 2 amide bonds. The van der Waals surface area contributed by atoms with Crippen LogP contribution in [0.4, 0.5) is 10.5 Å². The summed E-state index contributed by atoms with van der Waals surface area (Å²) in [5.41, 5.74) is 1.90. The lowest BCUT2D eigenvalue weighted by Crippen LogP contribution is -2.44. The second-order valence-electron chi connectivity index (χ2n) is 8.66. The van der Waals surface area contributed by atoms with Crippen LogP contribution in [0, 0.1) is 0 Å². The highest BCUT2D eigenvalue weighted by molar-refractivity contribution is 5.99. The number of nitrogens with zero attached hydrogens (tertiary/aromatic N) is 3. The second-order valence-corrected chi connectivity index (χ2v) is 8.66. The number of aliphatic hydroxyl groups excluding tert-OH is 1. The van der Waals surface area contributed by atoms with Gasteiger partial charge in [0.2, 0.25) is 0 Å². The van der Waals surface area contributed by atoms with E-state index in [9.17, 15) is 25.0 Å². The van der Waals surface area contributed by atoms with Crippen molar-refractivity contribution in [2.45, 2.75) is 49.5 Å². The van der Waals surface area contributed by atoms with E-state index >= 15 is 0 Å². The highest BCUT2D eigenvalue weighted by Crippen LogP contribution is 2.56. The van der Waals surface area contributed by atoms with Gasteiger partial charge in [0, 0.05) is 18.5 Å². The minimum atomic E-state index is -1.27. The Labute approximate surface area is 173 Å². The Kier molecular flexibility index (Phi) is 4.32. The van der Waals surface area contributed by atoms with Crippen LogP contribution >= 0.6 is 0 Å². The summed E-state index contributed by atoms with van der Waals surface area (Å²) in [6.45, 7) is 1.63. The van der Waals surface area contributed by atoms with Gasteiger partial charge in [-0.05, 0) is 38.1 Å². The first-order chi connectivity index (χ1) is 14.3. The molecule has 5 rings (SSSR count). The Morgan fingerprint density at radius 1 is 1.33 bits per heavy atom. The molecule has 3 aliphatic heterocycles. The molecule has 160 valence electrons. The maximum Gasteiger partial charge on any atom is 0.412 e. The largest absolute Gasteiger partial charge is 0.487 e. The Balaban J connectivity index is 1.68. The van der Waals surface area contributed by atoms with Crippen LogP contribution in [-0.4, -0.2) is 75.8 Å². The van der Waals surface area contributed by atoms with Gasteiger partial charge in [0.05, 0.1) is 23.8 Å². The van der Waals surface area contributed by atoms with Crippen LogP contribution in [0.2, 0.25) is 0 Å². The number of benzene rings is 1. The summed E-state index contributed by atoms with van der Waals surface area (Å²) in [5.74, 6) is -0.169. The van der Waals surface area contributed by atoms with Crippen LogP contribution in [0.25, 0.3) is 0 Å². The number of aliphatic hydroxyl groups is 1. The first-order valence-corrected chi connectivity index (χ1v) is 10.2. The Morgan fingerprint density at radius 2 is 2.13 bits per heavy atom. The molecule has 0 bridgehead atoms. The average Bonchev–Trinajstić information content (AvgIpc) is 3.15. The normalized spacial score (nSPS) is 32.4. The highest BCUT2D eigenvalue weighted by atomic mass is 16.5. The van der Waals surface area contributed by atoms with E-state index < -0.39 is 29.6 Å². The molecular formula is C21H25N3O6. The molecule has 1 aromatic rings. The number of ether oxygens (including phenoxy) is 1. The maximum absolute atomic E-state index is 12.4. The van der Waals surface area contributed by atoms with Crippen LogP contribution in [0.1, 0.15) is 30.4 Å². The number of anilines is 1. The van der Waals surface area contributed by atoms with Crippen molar-refractivity contribution in [3.05, 3.63) is 35.4 Å². The summed E-state index contributed by atoms with van der Waals surface area (Å²) in [7, 11) is 2.05. The molecule has 1 spiro atoms. The van der Waals surface area contributed by atoms with E-state index in [-0.39, 0.29) is 19.1 Å². The van der Waals surface area contributed by atoms with Crippen molar-refractivity contribution in [3.8, 4) is 5.75 Å². The van der Waals surface area contributed by atoms with Gasteiger partial charge in [-0.15, -0.1) is 0 Å². The SMILES string of the molecule is CN1CC[C@@]23C=C[C@H](O)C[C@@H]2Oc2c(N(C(=O)O)[C@@H]4CCN(O)C4=O)ccc(c23)C1. The number of carbonyl (C=O) groups is 2. The number of hydrogen-bond acceptors (Lipinski definition) is 6. The van der Waals surface area contributed by atoms with Crippen molar-refractivity contribution >= 4 is 17.7 Å². The summed E-state index contributed by atoms with van der Waals surface area (Å²) < 4.78 is 6.35. The summed E-state index contributed by atoms with van der Waals surface area (Å²) >= 11 is 0. The van der Waals surface area contributed by atoms with E-state index in [2.05, 4.69) is 4.90 Å². The van der Waals surface area contributed by atoms with Crippen LogP contribution in [0.3, 0.4) is 0 Å². The molecule has 9 heteroatoms. The fraction of sp³-hybridized carbons (Fsp3) is 0.524. The van der Waals surface area contributed by atoms with Gasteiger partial charge in [0.1, 0.15) is 17.9 Å². The topological polar surface area (TPSA) is 114 Å². The van der Waals surface area contributed by atoms with Gasteiger partial charge in [-0.1, -0.05) is 18.2 Å². The minimum absolute atomic E-state index is 0.0840. The highest BCUT2D eigenvalue weighted by Gasteiger charge is 2.53. The van der Waals surface area contributed by atoms with Crippen LogP contribution in [-0.2, 0) is 16.8 Å². The van der Waals surface area contributed by atoms with E-state index in [1.807, 2.05) is 19.2 Å². The van der Waals surface area contributed by atoms with Gasteiger partial charge in [-0.3, -0.25) is 14.9 Å². The molecule has 0 aromatic heterocycles. The van der Waals surface area contributed by atoms with E-state index in [1.54, 1.807) is 12.1 Å². The fourth-order valence-corrected chi connectivity index (χ4v) is 5.41. The van der Waals surface area contributed by atoms with Crippen LogP contribution < -0.4 is 9.64 Å². The molecule has 4 aliphatic rings. The molecule has 30 heavy (non-hydrogen) atoms. The van der Waals surface area contributed by atoms with Gasteiger partial charge in [-0.25, -0.2) is 9.86 Å². The van der Waals surface area contributed by atoms with E-state index in [0.717, 1.165) is 29.0 Å². The first kappa shape index (κ1) is 19.3. The lowest BCUT2D eigenvalue weighted by atomic mass is 9.69.